The summed E-state index contributed by atoms with van der Waals surface area (Å²) in [5.74, 6) is 0.849. The predicted molar refractivity (Wildman–Crippen MR) is 60.5 cm³/mol. The molecule has 14 heavy (non-hydrogen) atoms. The third kappa shape index (κ3) is 3.25. The summed E-state index contributed by atoms with van der Waals surface area (Å²) in [7, 11) is 2.06. The first kappa shape index (κ1) is 12.0. The summed E-state index contributed by atoms with van der Waals surface area (Å²) in [5, 5.41) is 3.35. The first-order valence-corrected chi connectivity index (χ1v) is 5.95. The van der Waals surface area contributed by atoms with E-state index in [2.05, 4.69) is 26.2 Å². The van der Waals surface area contributed by atoms with Crippen LogP contribution in [0.2, 0.25) is 0 Å². The number of nitrogens with one attached hydrogen (secondary N) is 1. The Morgan fingerprint density at radius 1 is 1.36 bits per heavy atom. The molecule has 0 amide bonds. The summed E-state index contributed by atoms with van der Waals surface area (Å²) in [6.45, 7) is 7.72. The van der Waals surface area contributed by atoms with Crippen LogP contribution in [0.3, 0.4) is 0 Å². The van der Waals surface area contributed by atoms with Crippen LogP contribution in [0.4, 0.5) is 0 Å². The zero-order valence-electron chi connectivity index (χ0n) is 9.94. The number of hydrogen-bond donors (Lipinski definition) is 1. The minimum Gasteiger partial charge on any atom is -0.381 e. The maximum atomic E-state index is 5.46. The fourth-order valence-electron chi connectivity index (χ4n) is 2.52. The number of ether oxygens (including phenoxy) is 1. The molecule has 0 radical (unpaired) electrons. The van der Waals surface area contributed by atoms with E-state index in [0.29, 0.717) is 5.41 Å². The van der Waals surface area contributed by atoms with E-state index in [1.54, 1.807) is 0 Å². The van der Waals surface area contributed by atoms with Crippen molar-refractivity contribution in [3.05, 3.63) is 0 Å². The fourth-order valence-corrected chi connectivity index (χ4v) is 2.52. The predicted octanol–water partition coefficient (Wildman–Crippen LogP) is 2.44. The van der Waals surface area contributed by atoms with Gasteiger partial charge in [0, 0.05) is 19.8 Å². The summed E-state index contributed by atoms with van der Waals surface area (Å²) in [5.41, 5.74) is 0.516. The quantitative estimate of drug-likeness (QED) is 0.734. The highest BCUT2D eigenvalue weighted by Gasteiger charge is 2.32. The Balaban J connectivity index is 2.50. The lowest BCUT2D eigenvalue weighted by atomic mass is 9.73. The molecule has 0 saturated carbocycles. The Hall–Kier alpha value is -0.0800. The van der Waals surface area contributed by atoms with Crippen molar-refractivity contribution < 1.29 is 4.74 Å². The van der Waals surface area contributed by atoms with Crippen molar-refractivity contribution in [3.8, 4) is 0 Å². The van der Waals surface area contributed by atoms with Crippen molar-refractivity contribution in [2.24, 2.45) is 11.3 Å². The van der Waals surface area contributed by atoms with Gasteiger partial charge in [-0.25, -0.2) is 0 Å². The molecule has 1 atom stereocenters. The van der Waals surface area contributed by atoms with E-state index in [0.717, 1.165) is 25.7 Å². The first-order chi connectivity index (χ1) is 6.72. The van der Waals surface area contributed by atoms with E-state index in [1.807, 2.05) is 0 Å². The maximum absolute atomic E-state index is 5.46. The van der Waals surface area contributed by atoms with Crippen LogP contribution < -0.4 is 5.32 Å². The second-order valence-electron chi connectivity index (χ2n) is 4.86. The normalized spacial score (nSPS) is 23.4. The van der Waals surface area contributed by atoms with Crippen LogP contribution in [0, 0.1) is 11.3 Å². The van der Waals surface area contributed by atoms with Crippen molar-refractivity contribution >= 4 is 0 Å². The molecule has 1 unspecified atom stereocenters. The molecule has 1 heterocycles. The lowest BCUT2D eigenvalue weighted by molar-refractivity contribution is 0.00391. The van der Waals surface area contributed by atoms with E-state index in [9.17, 15) is 0 Å². The Morgan fingerprint density at radius 2 is 2.00 bits per heavy atom. The van der Waals surface area contributed by atoms with E-state index in [1.165, 1.54) is 25.7 Å². The van der Waals surface area contributed by atoms with Crippen LogP contribution in [0.5, 0.6) is 0 Å². The summed E-state index contributed by atoms with van der Waals surface area (Å²) in [6.07, 6.45) is 5.12. The maximum Gasteiger partial charge on any atom is 0.0471 e. The number of hydrogen-bond acceptors (Lipinski definition) is 2. The van der Waals surface area contributed by atoms with Crippen molar-refractivity contribution in [2.75, 3.05) is 26.8 Å². The van der Waals surface area contributed by atoms with Crippen LogP contribution in [0.25, 0.3) is 0 Å². The zero-order valence-corrected chi connectivity index (χ0v) is 9.94. The van der Waals surface area contributed by atoms with Gasteiger partial charge in [0.25, 0.3) is 0 Å². The van der Waals surface area contributed by atoms with Crippen molar-refractivity contribution in [1.29, 1.82) is 0 Å². The summed E-state index contributed by atoms with van der Waals surface area (Å²) >= 11 is 0. The van der Waals surface area contributed by atoms with Crippen LogP contribution in [0.1, 0.15) is 39.5 Å². The van der Waals surface area contributed by atoms with Gasteiger partial charge in [-0.15, -0.1) is 0 Å². The molecular weight excluding hydrogens is 174 g/mol. The molecule has 0 bridgehead atoms. The second-order valence-corrected chi connectivity index (χ2v) is 4.86. The van der Waals surface area contributed by atoms with Crippen molar-refractivity contribution in [3.63, 3.8) is 0 Å². The minimum absolute atomic E-state index is 0.516. The lowest BCUT2D eigenvalue weighted by Crippen LogP contribution is -2.39. The van der Waals surface area contributed by atoms with Crippen LogP contribution in [-0.4, -0.2) is 26.8 Å². The van der Waals surface area contributed by atoms with Gasteiger partial charge in [0.15, 0.2) is 0 Å². The highest BCUT2D eigenvalue weighted by atomic mass is 16.5. The molecule has 1 aliphatic heterocycles. The highest BCUT2D eigenvalue weighted by molar-refractivity contribution is 4.84. The molecule has 0 aromatic rings. The molecule has 0 aromatic carbocycles. The molecule has 2 heteroatoms. The summed E-state index contributed by atoms with van der Waals surface area (Å²) < 4.78 is 5.46. The smallest absolute Gasteiger partial charge is 0.0471 e. The van der Waals surface area contributed by atoms with Crippen LogP contribution in [-0.2, 0) is 4.74 Å². The van der Waals surface area contributed by atoms with Gasteiger partial charge in [-0.2, -0.15) is 0 Å². The van der Waals surface area contributed by atoms with Gasteiger partial charge in [-0.05, 0) is 37.6 Å². The summed E-state index contributed by atoms with van der Waals surface area (Å²) in [4.78, 5) is 0. The van der Waals surface area contributed by atoms with Crippen LogP contribution >= 0.6 is 0 Å². The molecule has 0 aliphatic carbocycles. The first-order valence-electron chi connectivity index (χ1n) is 5.95. The van der Waals surface area contributed by atoms with E-state index < -0.39 is 0 Å². The van der Waals surface area contributed by atoms with Gasteiger partial charge in [0.1, 0.15) is 0 Å². The SMILES string of the molecule is CCC(C)CC1(CNC)CCOCC1. The average molecular weight is 199 g/mol. The largest absolute Gasteiger partial charge is 0.381 e. The third-order valence-corrected chi connectivity index (χ3v) is 3.58. The Labute approximate surface area is 88.4 Å². The monoisotopic (exact) mass is 199 g/mol. The molecule has 1 saturated heterocycles. The molecule has 1 rings (SSSR count). The third-order valence-electron chi connectivity index (χ3n) is 3.58. The molecule has 0 aromatic heterocycles. The average Bonchev–Trinajstić information content (AvgIpc) is 2.19. The minimum atomic E-state index is 0.516. The molecular formula is C12H25NO. The van der Waals surface area contributed by atoms with Gasteiger partial charge >= 0.3 is 0 Å². The van der Waals surface area contributed by atoms with Crippen molar-refractivity contribution in [2.45, 2.75) is 39.5 Å². The molecule has 0 spiro atoms. The molecule has 1 N–H and O–H groups in total. The molecule has 84 valence electrons. The second kappa shape index (κ2) is 5.72. The fraction of sp³-hybridized carbons (Fsp3) is 1.00. The molecule has 2 nitrogen and oxygen atoms in total. The Bertz CT molecular complexity index is 147. The van der Waals surface area contributed by atoms with Gasteiger partial charge in [0.05, 0.1) is 0 Å². The van der Waals surface area contributed by atoms with Crippen LogP contribution in [0.15, 0.2) is 0 Å². The molecule has 1 aliphatic rings. The summed E-state index contributed by atoms with van der Waals surface area (Å²) in [6, 6.07) is 0. The highest BCUT2D eigenvalue weighted by Crippen LogP contribution is 2.37. The van der Waals surface area contributed by atoms with Gasteiger partial charge in [0.2, 0.25) is 0 Å². The van der Waals surface area contributed by atoms with Gasteiger partial charge in [-0.1, -0.05) is 20.3 Å². The van der Waals surface area contributed by atoms with E-state index in [-0.39, 0.29) is 0 Å². The van der Waals surface area contributed by atoms with Gasteiger partial charge < -0.3 is 10.1 Å². The van der Waals surface area contributed by atoms with Gasteiger partial charge in [-0.3, -0.25) is 0 Å². The zero-order chi connectivity index (χ0) is 10.4. The van der Waals surface area contributed by atoms with Crippen molar-refractivity contribution in [1.82, 2.24) is 5.32 Å². The van der Waals surface area contributed by atoms with E-state index >= 15 is 0 Å². The topological polar surface area (TPSA) is 21.3 Å². The molecule has 1 fully saturated rings. The number of rotatable bonds is 5. The standard InChI is InChI=1S/C12H25NO/c1-4-11(2)9-12(10-13-3)5-7-14-8-6-12/h11,13H,4-10H2,1-3H3. The lowest BCUT2D eigenvalue weighted by Gasteiger charge is -2.39. The Kier molecular flexibility index (Phi) is 4.90. The Morgan fingerprint density at radius 3 is 2.50 bits per heavy atom. The van der Waals surface area contributed by atoms with E-state index in [4.69, 9.17) is 4.74 Å².